The topological polar surface area (TPSA) is 32.3 Å². The van der Waals surface area contributed by atoms with Gasteiger partial charge >= 0.3 is 0 Å². The van der Waals surface area contributed by atoms with Crippen LogP contribution >= 0.6 is 0 Å². The molecule has 1 atom stereocenters. The van der Waals surface area contributed by atoms with E-state index in [0.717, 1.165) is 50.9 Å². The quantitative estimate of drug-likeness (QED) is 0.805. The molecular weight excluding hydrogens is 320 g/mol. The normalized spacial score (nSPS) is 17.0. The van der Waals surface area contributed by atoms with Crippen LogP contribution in [0.3, 0.4) is 0 Å². The van der Waals surface area contributed by atoms with E-state index in [2.05, 4.69) is 59.6 Å². The van der Waals surface area contributed by atoms with Gasteiger partial charge in [-0.2, -0.15) is 0 Å². The van der Waals surface area contributed by atoms with Crippen molar-refractivity contribution in [3.8, 4) is 0 Å². The van der Waals surface area contributed by atoms with E-state index in [0.29, 0.717) is 6.04 Å². The largest absolute Gasteiger partial charge is 0.353 e. The molecule has 1 aliphatic heterocycles. The molecule has 1 N–H and O–H groups in total. The van der Waals surface area contributed by atoms with Crippen LogP contribution in [0.25, 0.3) is 0 Å². The molecule has 0 aromatic heterocycles. The van der Waals surface area contributed by atoms with Gasteiger partial charge < -0.3 is 5.32 Å². The maximum Gasteiger partial charge on any atom is 0.227 e. The van der Waals surface area contributed by atoms with Crippen molar-refractivity contribution in [3.05, 3.63) is 71.8 Å². The lowest BCUT2D eigenvalue weighted by atomic mass is 9.92. The molecular formula is C23H30N2O. The van der Waals surface area contributed by atoms with Crippen molar-refractivity contribution in [1.29, 1.82) is 0 Å². The third-order valence-corrected chi connectivity index (χ3v) is 5.28. The first kappa shape index (κ1) is 18.7. The number of carbonyl (C=O) groups is 1. The van der Waals surface area contributed by atoms with Gasteiger partial charge in [0, 0.05) is 25.7 Å². The van der Waals surface area contributed by atoms with E-state index in [1.165, 1.54) is 5.56 Å². The van der Waals surface area contributed by atoms with Crippen LogP contribution in [-0.2, 0) is 11.3 Å². The second kappa shape index (κ2) is 9.54. The van der Waals surface area contributed by atoms with Crippen molar-refractivity contribution in [1.82, 2.24) is 10.2 Å². The highest BCUT2D eigenvalue weighted by molar-refractivity contribution is 5.83. The molecule has 26 heavy (non-hydrogen) atoms. The van der Waals surface area contributed by atoms with Crippen molar-refractivity contribution in [2.75, 3.05) is 13.1 Å². The molecule has 1 amide bonds. The van der Waals surface area contributed by atoms with E-state index < -0.39 is 0 Å². The average Bonchev–Trinajstić information content (AvgIpc) is 2.69. The monoisotopic (exact) mass is 350 g/mol. The van der Waals surface area contributed by atoms with Crippen LogP contribution in [0.4, 0.5) is 0 Å². The van der Waals surface area contributed by atoms with Gasteiger partial charge in [0.15, 0.2) is 0 Å². The first-order valence-corrected chi connectivity index (χ1v) is 9.88. The lowest BCUT2D eigenvalue weighted by Crippen LogP contribution is -2.45. The van der Waals surface area contributed by atoms with E-state index in [-0.39, 0.29) is 11.8 Å². The SMILES string of the molecule is CCCC(C(=O)NC1CCN(Cc2ccccc2)CC1)c1ccccc1. The number of benzene rings is 2. The maximum atomic E-state index is 12.8. The molecule has 2 aromatic rings. The van der Waals surface area contributed by atoms with Crippen LogP contribution in [-0.4, -0.2) is 29.9 Å². The summed E-state index contributed by atoms with van der Waals surface area (Å²) in [6.07, 6.45) is 3.99. The molecule has 0 spiro atoms. The van der Waals surface area contributed by atoms with Crippen molar-refractivity contribution in [3.63, 3.8) is 0 Å². The van der Waals surface area contributed by atoms with Gasteiger partial charge in [0.1, 0.15) is 0 Å². The smallest absolute Gasteiger partial charge is 0.227 e. The molecule has 0 aliphatic carbocycles. The molecule has 3 heteroatoms. The molecule has 2 aromatic carbocycles. The molecule has 1 heterocycles. The van der Waals surface area contributed by atoms with Crippen LogP contribution in [0.2, 0.25) is 0 Å². The number of likely N-dealkylation sites (tertiary alicyclic amines) is 1. The number of hydrogen-bond donors (Lipinski definition) is 1. The molecule has 3 rings (SSSR count). The van der Waals surface area contributed by atoms with Gasteiger partial charge in [-0.05, 0) is 30.4 Å². The summed E-state index contributed by atoms with van der Waals surface area (Å²) in [7, 11) is 0. The second-order valence-corrected chi connectivity index (χ2v) is 7.30. The average molecular weight is 351 g/mol. The van der Waals surface area contributed by atoms with Crippen molar-refractivity contribution >= 4 is 5.91 Å². The van der Waals surface area contributed by atoms with Gasteiger partial charge in [0.25, 0.3) is 0 Å². The molecule has 1 unspecified atom stereocenters. The summed E-state index contributed by atoms with van der Waals surface area (Å²) in [4.78, 5) is 15.3. The molecule has 0 saturated carbocycles. The first-order valence-electron chi connectivity index (χ1n) is 9.88. The molecule has 0 radical (unpaired) electrons. The minimum absolute atomic E-state index is 0.0245. The minimum Gasteiger partial charge on any atom is -0.353 e. The zero-order valence-electron chi connectivity index (χ0n) is 15.7. The molecule has 1 saturated heterocycles. The zero-order valence-corrected chi connectivity index (χ0v) is 15.7. The van der Waals surface area contributed by atoms with Crippen LogP contribution in [0.15, 0.2) is 60.7 Å². The highest BCUT2D eigenvalue weighted by Gasteiger charge is 2.25. The Morgan fingerprint density at radius 3 is 2.27 bits per heavy atom. The summed E-state index contributed by atoms with van der Waals surface area (Å²) in [6.45, 7) is 5.24. The van der Waals surface area contributed by atoms with Crippen LogP contribution < -0.4 is 5.32 Å². The Morgan fingerprint density at radius 2 is 1.65 bits per heavy atom. The molecule has 138 valence electrons. The molecule has 1 fully saturated rings. The molecule has 0 bridgehead atoms. The Kier molecular flexibility index (Phi) is 6.84. The maximum absolute atomic E-state index is 12.8. The lowest BCUT2D eigenvalue weighted by molar-refractivity contribution is -0.123. The van der Waals surface area contributed by atoms with Gasteiger partial charge in [0.05, 0.1) is 5.92 Å². The number of amides is 1. The number of nitrogens with zero attached hydrogens (tertiary/aromatic N) is 1. The Morgan fingerprint density at radius 1 is 1.04 bits per heavy atom. The zero-order chi connectivity index (χ0) is 18.2. The van der Waals surface area contributed by atoms with Crippen molar-refractivity contribution in [2.24, 2.45) is 0 Å². The van der Waals surface area contributed by atoms with Crippen LogP contribution in [0.1, 0.15) is 49.7 Å². The van der Waals surface area contributed by atoms with E-state index in [9.17, 15) is 4.79 Å². The van der Waals surface area contributed by atoms with Gasteiger partial charge in [-0.15, -0.1) is 0 Å². The summed E-state index contributed by atoms with van der Waals surface area (Å²) in [5, 5.41) is 3.32. The van der Waals surface area contributed by atoms with E-state index in [1.807, 2.05) is 18.2 Å². The van der Waals surface area contributed by atoms with Gasteiger partial charge in [-0.1, -0.05) is 74.0 Å². The van der Waals surface area contributed by atoms with Gasteiger partial charge in [0.2, 0.25) is 5.91 Å². The third-order valence-electron chi connectivity index (χ3n) is 5.28. The van der Waals surface area contributed by atoms with Crippen molar-refractivity contribution in [2.45, 2.75) is 51.1 Å². The summed E-state index contributed by atoms with van der Waals surface area (Å²) in [5.74, 6) is 0.170. The second-order valence-electron chi connectivity index (χ2n) is 7.30. The van der Waals surface area contributed by atoms with Crippen LogP contribution in [0.5, 0.6) is 0 Å². The highest BCUT2D eigenvalue weighted by atomic mass is 16.1. The summed E-state index contributed by atoms with van der Waals surface area (Å²) < 4.78 is 0. The number of carbonyl (C=O) groups excluding carboxylic acids is 1. The fraction of sp³-hybridized carbons (Fsp3) is 0.435. The van der Waals surface area contributed by atoms with Crippen molar-refractivity contribution < 1.29 is 4.79 Å². The Balaban J connectivity index is 1.50. The number of hydrogen-bond acceptors (Lipinski definition) is 2. The minimum atomic E-state index is -0.0245. The standard InChI is InChI=1S/C23H30N2O/c1-2-9-22(20-12-7-4-8-13-20)23(26)24-21-14-16-25(17-15-21)18-19-10-5-3-6-11-19/h3-8,10-13,21-22H,2,9,14-18H2,1H3,(H,24,26). The fourth-order valence-corrected chi connectivity index (χ4v) is 3.80. The summed E-state index contributed by atoms with van der Waals surface area (Å²) >= 11 is 0. The number of nitrogens with one attached hydrogen (secondary N) is 1. The van der Waals surface area contributed by atoms with Crippen LogP contribution in [0, 0.1) is 0 Å². The summed E-state index contributed by atoms with van der Waals surface area (Å²) in [5.41, 5.74) is 2.50. The van der Waals surface area contributed by atoms with Gasteiger partial charge in [-0.25, -0.2) is 0 Å². The number of rotatable bonds is 7. The van der Waals surface area contributed by atoms with Gasteiger partial charge in [-0.3, -0.25) is 9.69 Å². The third kappa shape index (κ3) is 5.18. The summed E-state index contributed by atoms with van der Waals surface area (Å²) in [6, 6.07) is 21.1. The Bertz CT molecular complexity index is 663. The predicted molar refractivity (Wildman–Crippen MR) is 107 cm³/mol. The first-order chi connectivity index (χ1) is 12.8. The lowest BCUT2D eigenvalue weighted by Gasteiger charge is -2.33. The Labute approximate surface area is 157 Å². The number of piperidine rings is 1. The fourth-order valence-electron chi connectivity index (χ4n) is 3.80. The Hall–Kier alpha value is -2.13. The molecule has 1 aliphatic rings. The van der Waals surface area contributed by atoms with E-state index >= 15 is 0 Å². The van der Waals surface area contributed by atoms with E-state index in [4.69, 9.17) is 0 Å². The predicted octanol–water partition coefficient (Wildman–Crippen LogP) is 4.35. The van der Waals surface area contributed by atoms with E-state index in [1.54, 1.807) is 0 Å². The highest BCUT2D eigenvalue weighted by Crippen LogP contribution is 2.22. The molecule has 3 nitrogen and oxygen atoms in total.